The van der Waals surface area contributed by atoms with Crippen LogP contribution in [0, 0.1) is 17.0 Å². The van der Waals surface area contributed by atoms with E-state index in [-0.39, 0.29) is 23.7 Å². The highest BCUT2D eigenvalue weighted by molar-refractivity contribution is 5.60. The second kappa shape index (κ2) is 7.59. The zero-order valence-corrected chi connectivity index (χ0v) is 12.0. The van der Waals surface area contributed by atoms with Gasteiger partial charge < -0.3 is 15.7 Å². The van der Waals surface area contributed by atoms with Gasteiger partial charge in [0.05, 0.1) is 11.0 Å². The standard InChI is InChI=1S/C12H21N5O3/c1-4-6-13-12-15-8(3)10(17(19)20)11(16-12)14-7-9(18)5-2/h9,18H,4-7H2,1-3H3,(H2,13,14,15,16). The normalized spacial score (nSPS) is 12.0. The summed E-state index contributed by atoms with van der Waals surface area (Å²) in [5.74, 6) is 0.483. The molecular weight excluding hydrogens is 262 g/mol. The van der Waals surface area contributed by atoms with E-state index in [9.17, 15) is 15.2 Å². The maximum absolute atomic E-state index is 11.1. The number of aliphatic hydroxyl groups is 1. The Morgan fingerprint density at radius 1 is 1.35 bits per heavy atom. The monoisotopic (exact) mass is 283 g/mol. The van der Waals surface area contributed by atoms with E-state index < -0.39 is 11.0 Å². The molecule has 0 saturated carbocycles. The van der Waals surface area contributed by atoms with Gasteiger partial charge in [-0.15, -0.1) is 0 Å². The Balaban J connectivity index is 3.01. The lowest BCUT2D eigenvalue weighted by molar-refractivity contribution is -0.385. The zero-order valence-electron chi connectivity index (χ0n) is 12.0. The number of nitro groups is 1. The predicted molar refractivity (Wildman–Crippen MR) is 77.0 cm³/mol. The van der Waals surface area contributed by atoms with Crippen LogP contribution < -0.4 is 10.6 Å². The van der Waals surface area contributed by atoms with Crippen molar-refractivity contribution in [2.75, 3.05) is 23.7 Å². The molecule has 1 aromatic heterocycles. The topological polar surface area (TPSA) is 113 Å². The molecule has 0 radical (unpaired) electrons. The predicted octanol–water partition coefficient (Wildman–Crippen LogP) is 1.70. The fourth-order valence-electron chi connectivity index (χ4n) is 1.58. The molecule has 0 aliphatic rings. The summed E-state index contributed by atoms with van der Waals surface area (Å²) < 4.78 is 0. The molecule has 112 valence electrons. The molecule has 0 aliphatic carbocycles. The van der Waals surface area contributed by atoms with Gasteiger partial charge in [-0.05, 0) is 19.8 Å². The van der Waals surface area contributed by atoms with Crippen molar-refractivity contribution in [1.82, 2.24) is 9.97 Å². The highest BCUT2D eigenvalue weighted by atomic mass is 16.6. The van der Waals surface area contributed by atoms with Crippen LogP contribution in [0.25, 0.3) is 0 Å². The van der Waals surface area contributed by atoms with Crippen LogP contribution in [0.5, 0.6) is 0 Å². The fourth-order valence-corrected chi connectivity index (χ4v) is 1.58. The van der Waals surface area contributed by atoms with E-state index in [0.29, 0.717) is 18.9 Å². The summed E-state index contributed by atoms with van der Waals surface area (Å²) in [6.07, 6.45) is 0.889. The summed E-state index contributed by atoms with van der Waals surface area (Å²) in [6.45, 7) is 6.30. The highest BCUT2D eigenvalue weighted by Gasteiger charge is 2.22. The third-order valence-electron chi connectivity index (χ3n) is 2.75. The number of rotatable bonds is 8. The molecule has 0 bridgehead atoms. The quantitative estimate of drug-likeness (QED) is 0.491. The van der Waals surface area contributed by atoms with Crippen LogP contribution in [0.3, 0.4) is 0 Å². The number of hydrogen-bond donors (Lipinski definition) is 3. The van der Waals surface area contributed by atoms with Gasteiger partial charge in [0.25, 0.3) is 0 Å². The summed E-state index contributed by atoms with van der Waals surface area (Å²) in [6, 6.07) is 0. The van der Waals surface area contributed by atoms with Gasteiger partial charge in [-0.25, -0.2) is 4.98 Å². The third-order valence-corrected chi connectivity index (χ3v) is 2.75. The summed E-state index contributed by atoms with van der Waals surface area (Å²) in [5.41, 5.74) is 0.132. The van der Waals surface area contributed by atoms with E-state index >= 15 is 0 Å². The first-order valence-electron chi connectivity index (χ1n) is 6.68. The minimum Gasteiger partial charge on any atom is -0.391 e. The van der Waals surface area contributed by atoms with Crippen molar-refractivity contribution in [2.24, 2.45) is 0 Å². The first kappa shape index (κ1) is 16.1. The van der Waals surface area contributed by atoms with Gasteiger partial charge in [-0.3, -0.25) is 10.1 Å². The van der Waals surface area contributed by atoms with E-state index in [2.05, 4.69) is 20.6 Å². The molecule has 1 rings (SSSR count). The average Bonchev–Trinajstić information content (AvgIpc) is 2.41. The van der Waals surface area contributed by atoms with Crippen LogP contribution in [0.15, 0.2) is 0 Å². The Kier molecular flexibility index (Phi) is 6.10. The molecular formula is C12H21N5O3. The van der Waals surface area contributed by atoms with Crippen molar-refractivity contribution < 1.29 is 10.0 Å². The minimum absolute atomic E-state index is 0.133. The molecule has 8 nitrogen and oxygen atoms in total. The van der Waals surface area contributed by atoms with Crippen molar-refractivity contribution in [2.45, 2.75) is 39.7 Å². The SMILES string of the molecule is CCCNc1nc(C)c([N+](=O)[O-])c(NCC(O)CC)n1. The Labute approximate surface area is 117 Å². The Morgan fingerprint density at radius 2 is 2.05 bits per heavy atom. The summed E-state index contributed by atoms with van der Waals surface area (Å²) in [5, 5.41) is 26.4. The maximum Gasteiger partial charge on any atom is 0.332 e. The smallest absolute Gasteiger partial charge is 0.332 e. The van der Waals surface area contributed by atoms with Crippen LogP contribution in [-0.4, -0.2) is 39.2 Å². The lowest BCUT2D eigenvalue weighted by Crippen LogP contribution is -2.20. The maximum atomic E-state index is 11.1. The van der Waals surface area contributed by atoms with Gasteiger partial charge in [0.1, 0.15) is 5.69 Å². The van der Waals surface area contributed by atoms with Crippen molar-refractivity contribution in [3.05, 3.63) is 15.8 Å². The molecule has 3 N–H and O–H groups in total. The number of aromatic nitrogens is 2. The number of aryl methyl sites for hydroxylation is 1. The van der Waals surface area contributed by atoms with Gasteiger partial charge in [0.15, 0.2) is 0 Å². The Morgan fingerprint density at radius 3 is 2.60 bits per heavy atom. The lowest BCUT2D eigenvalue weighted by Gasteiger charge is -2.12. The van der Waals surface area contributed by atoms with Crippen molar-refractivity contribution in [3.8, 4) is 0 Å². The molecule has 0 fully saturated rings. The van der Waals surface area contributed by atoms with Crippen LogP contribution in [-0.2, 0) is 0 Å². The molecule has 0 aliphatic heterocycles. The van der Waals surface area contributed by atoms with Gasteiger partial charge >= 0.3 is 5.69 Å². The van der Waals surface area contributed by atoms with E-state index in [1.165, 1.54) is 0 Å². The number of aliphatic hydroxyl groups excluding tert-OH is 1. The van der Waals surface area contributed by atoms with E-state index in [1.807, 2.05) is 13.8 Å². The number of nitrogens with one attached hydrogen (secondary N) is 2. The van der Waals surface area contributed by atoms with Crippen LogP contribution in [0.1, 0.15) is 32.4 Å². The molecule has 1 atom stereocenters. The first-order chi connectivity index (χ1) is 9.49. The molecule has 8 heteroatoms. The second-order valence-electron chi connectivity index (χ2n) is 4.46. The second-order valence-corrected chi connectivity index (χ2v) is 4.46. The van der Waals surface area contributed by atoms with E-state index in [1.54, 1.807) is 6.92 Å². The highest BCUT2D eigenvalue weighted by Crippen LogP contribution is 2.26. The molecule has 0 spiro atoms. The molecule has 1 unspecified atom stereocenters. The number of anilines is 2. The molecule has 0 amide bonds. The Bertz CT molecular complexity index is 467. The third kappa shape index (κ3) is 4.30. The van der Waals surface area contributed by atoms with Gasteiger partial charge in [-0.2, -0.15) is 4.98 Å². The Hall–Kier alpha value is -1.96. The summed E-state index contributed by atoms with van der Waals surface area (Å²) in [7, 11) is 0. The summed E-state index contributed by atoms with van der Waals surface area (Å²) in [4.78, 5) is 18.8. The van der Waals surface area contributed by atoms with Crippen molar-refractivity contribution in [3.63, 3.8) is 0 Å². The van der Waals surface area contributed by atoms with E-state index in [0.717, 1.165) is 6.42 Å². The molecule has 0 saturated heterocycles. The van der Waals surface area contributed by atoms with Crippen molar-refractivity contribution >= 4 is 17.5 Å². The average molecular weight is 283 g/mol. The number of nitrogens with zero attached hydrogens (tertiary/aromatic N) is 3. The van der Waals surface area contributed by atoms with E-state index in [4.69, 9.17) is 0 Å². The lowest BCUT2D eigenvalue weighted by atomic mass is 10.2. The molecule has 0 aromatic carbocycles. The van der Waals surface area contributed by atoms with Gasteiger partial charge in [0.2, 0.25) is 11.8 Å². The fraction of sp³-hybridized carbons (Fsp3) is 0.667. The minimum atomic E-state index is -0.572. The van der Waals surface area contributed by atoms with Crippen LogP contribution >= 0.6 is 0 Å². The molecule has 1 heterocycles. The van der Waals surface area contributed by atoms with Crippen LogP contribution in [0.2, 0.25) is 0 Å². The first-order valence-corrected chi connectivity index (χ1v) is 6.68. The van der Waals surface area contributed by atoms with Gasteiger partial charge in [0, 0.05) is 13.1 Å². The van der Waals surface area contributed by atoms with Gasteiger partial charge in [-0.1, -0.05) is 13.8 Å². The largest absolute Gasteiger partial charge is 0.391 e. The van der Waals surface area contributed by atoms with Crippen LogP contribution in [0.4, 0.5) is 17.5 Å². The number of hydrogen-bond acceptors (Lipinski definition) is 7. The zero-order chi connectivity index (χ0) is 15.1. The molecule has 1 aromatic rings. The molecule has 20 heavy (non-hydrogen) atoms. The van der Waals surface area contributed by atoms with Crippen molar-refractivity contribution in [1.29, 1.82) is 0 Å². The summed E-state index contributed by atoms with van der Waals surface area (Å²) >= 11 is 0.